The van der Waals surface area contributed by atoms with Gasteiger partial charge in [0.2, 0.25) is 5.91 Å². The lowest BCUT2D eigenvalue weighted by Crippen LogP contribution is -2.54. The molecule has 0 radical (unpaired) electrons. The zero-order valence-corrected chi connectivity index (χ0v) is 16.5. The van der Waals surface area contributed by atoms with E-state index >= 15 is 0 Å². The van der Waals surface area contributed by atoms with Crippen LogP contribution >= 0.6 is 0 Å². The number of nitriles is 2. The molecule has 1 N–H and O–H groups in total. The SMILES string of the molecule is N#CCNC(=O)C1CN(c2c(C#N)c(=O)n(Cc3ccc(F)cc3)c3ccccc23)C1. The number of hydrogen-bond donors (Lipinski definition) is 1. The Morgan fingerprint density at radius 2 is 1.84 bits per heavy atom. The number of halogens is 1. The summed E-state index contributed by atoms with van der Waals surface area (Å²) < 4.78 is 14.8. The van der Waals surface area contributed by atoms with Gasteiger partial charge in [0.05, 0.1) is 29.7 Å². The fourth-order valence-corrected chi connectivity index (χ4v) is 3.85. The van der Waals surface area contributed by atoms with Gasteiger partial charge in [0, 0.05) is 18.5 Å². The Hall–Kier alpha value is -4.17. The Morgan fingerprint density at radius 1 is 1.13 bits per heavy atom. The number of anilines is 1. The molecule has 0 atom stereocenters. The lowest BCUT2D eigenvalue weighted by molar-refractivity contribution is -0.125. The smallest absolute Gasteiger partial charge is 0.271 e. The van der Waals surface area contributed by atoms with Gasteiger partial charge in [-0.05, 0) is 23.8 Å². The summed E-state index contributed by atoms with van der Waals surface area (Å²) in [6.45, 7) is 0.865. The summed E-state index contributed by atoms with van der Waals surface area (Å²) in [6.07, 6.45) is 0. The van der Waals surface area contributed by atoms with Crippen LogP contribution in [0.5, 0.6) is 0 Å². The number of carbonyl (C=O) groups is 1. The zero-order chi connectivity index (χ0) is 22.0. The Labute approximate surface area is 177 Å². The maximum atomic E-state index is 13.3. The van der Waals surface area contributed by atoms with E-state index in [1.807, 2.05) is 41.3 Å². The minimum Gasteiger partial charge on any atom is -0.368 e. The van der Waals surface area contributed by atoms with Crippen LogP contribution in [0, 0.1) is 34.4 Å². The van der Waals surface area contributed by atoms with E-state index in [0.717, 1.165) is 10.9 Å². The molecule has 0 unspecified atom stereocenters. The third-order valence-electron chi connectivity index (χ3n) is 5.42. The third-order valence-corrected chi connectivity index (χ3v) is 5.42. The van der Waals surface area contributed by atoms with Gasteiger partial charge < -0.3 is 14.8 Å². The van der Waals surface area contributed by atoms with Crippen molar-refractivity contribution in [1.29, 1.82) is 10.5 Å². The minimum absolute atomic E-state index is 0.0108. The first-order chi connectivity index (χ1) is 15.0. The summed E-state index contributed by atoms with van der Waals surface area (Å²) >= 11 is 0. The maximum Gasteiger partial charge on any atom is 0.271 e. The molecule has 0 bridgehead atoms. The van der Waals surface area contributed by atoms with Crippen LogP contribution in [0.25, 0.3) is 10.9 Å². The van der Waals surface area contributed by atoms with Gasteiger partial charge in [-0.15, -0.1) is 0 Å². The average molecular weight is 415 g/mol. The Kier molecular flexibility index (Phi) is 5.38. The number of amides is 1. The molecular weight excluding hydrogens is 397 g/mol. The Balaban J connectivity index is 1.74. The molecule has 2 heterocycles. The third kappa shape index (κ3) is 3.72. The number of para-hydroxylation sites is 1. The van der Waals surface area contributed by atoms with Gasteiger partial charge in [-0.1, -0.05) is 30.3 Å². The molecule has 8 heteroatoms. The quantitative estimate of drug-likeness (QED) is 0.644. The number of rotatable bonds is 5. The number of hydrogen-bond acceptors (Lipinski definition) is 5. The van der Waals surface area contributed by atoms with Crippen LogP contribution in [-0.4, -0.2) is 30.1 Å². The molecule has 1 amide bonds. The van der Waals surface area contributed by atoms with Crippen molar-refractivity contribution in [2.24, 2.45) is 5.92 Å². The molecule has 0 spiro atoms. The summed E-state index contributed by atoms with van der Waals surface area (Å²) in [4.78, 5) is 27.2. The van der Waals surface area contributed by atoms with Crippen molar-refractivity contribution in [3.8, 4) is 12.1 Å². The first kappa shape index (κ1) is 20.1. The summed E-state index contributed by atoms with van der Waals surface area (Å²) in [5, 5.41) is 21.7. The second-order valence-corrected chi connectivity index (χ2v) is 7.35. The van der Waals surface area contributed by atoms with E-state index in [0.29, 0.717) is 24.3 Å². The monoisotopic (exact) mass is 415 g/mol. The van der Waals surface area contributed by atoms with E-state index in [9.17, 15) is 19.2 Å². The highest BCUT2D eigenvalue weighted by Crippen LogP contribution is 2.33. The number of fused-ring (bicyclic) bond motifs is 1. The van der Waals surface area contributed by atoms with Crippen molar-refractivity contribution in [2.75, 3.05) is 24.5 Å². The minimum atomic E-state index is -0.432. The molecule has 1 aliphatic heterocycles. The van der Waals surface area contributed by atoms with Crippen molar-refractivity contribution in [2.45, 2.75) is 6.54 Å². The summed E-state index contributed by atoms with van der Waals surface area (Å²) in [7, 11) is 0. The van der Waals surface area contributed by atoms with Crippen LogP contribution in [0.1, 0.15) is 11.1 Å². The Morgan fingerprint density at radius 3 is 2.52 bits per heavy atom. The summed E-state index contributed by atoms with van der Waals surface area (Å²) in [5.74, 6) is -0.884. The number of benzene rings is 2. The predicted octanol–water partition coefficient (Wildman–Crippen LogP) is 2.14. The van der Waals surface area contributed by atoms with Crippen molar-refractivity contribution in [1.82, 2.24) is 9.88 Å². The molecule has 7 nitrogen and oxygen atoms in total. The van der Waals surface area contributed by atoms with E-state index in [-0.39, 0.29) is 36.3 Å². The van der Waals surface area contributed by atoms with Crippen LogP contribution in [0.15, 0.2) is 53.3 Å². The van der Waals surface area contributed by atoms with Gasteiger partial charge in [-0.2, -0.15) is 10.5 Å². The molecule has 3 aromatic rings. The normalized spacial score (nSPS) is 13.3. The largest absolute Gasteiger partial charge is 0.368 e. The number of aromatic nitrogens is 1. The zero-order valence-electron chi connectivity index (χ0n) is 16.5. The van der Waals surface area contributed by atoms with Gasteiger partial charge in [0.1, 0.15) is 24.0 Å². The first-order valence-electron chi connectivity index (χ1n) is 9.73. The molecule has 1 saturated heterocycles. The predicted molar refractivity (Wildman–Crippen MR) is 113 cm³/mol. The van der Waals surface area contributed by atoms with Crippen LogP contribution in [0.2, 0.25) is 0 Å². The van der Waals surface area contributed by atoms with Crippen LogP contribution in [0.4, 0.5) is 10.1 Å². The first-order valence-corrected chi connectivity index (χ1v) is 9.73. The van der Waals surface area contributed by atoms with E-state index < -0.39 is 5.56 Å². The second kappa shape index (κ2) is 8.29. The highest BCUT2D eigenvalue weighted by Gasteiger charge is 2.35. The Bertz CT molecular complexity index is 1300. The molecule has 4 rings (SSSR count). The number of carbonyl (C=O) groups excluding carboxylic acids is 1. The molecule has 31 heavy (non-hydrogen) atoms. The van der Waals surface area contributed by atoms with Crippen molar-refractivity contribution in [3.63, 3.8) is 0 Å². The average Bonchev–Trinajstić information content (AvgIpc) is 2.75. The van der Waals surface area contributed by atoms with Gasteiger partial charge in [-0.25, -0.2) is 4.39 Å². The highest BCUT2D eigenvalue weighted by molar-refractivity contribution is 5.96. The van der Waals surface area contributed by atoms with E-state index in [4.69, 9.17) is 5.26 Å². The second-order valence-electron chi connectivity index (χ2n) is 7.35. The maximum absolute atomic E-state index is 13.3. The number of pyridine rings is 1. The van der Waals surface area contributed by atoms with Gasteiger partial charge in [0.15, 0.2) is 0 Å². The summed E-state index contributed by atoms with van der Waals surface area (Å²) in [5.41, 5.74) is 1.49. The lowest BCUT2D eigenvalue weighted by Gasteiger charge is -2.41. The fraction of sp³-hybridized carbons (Fsp3) is 0.217. The van der Waals surface area contributed by atoms with Crippen molar-refractivity contribution >= 4 is 22.5 Å². The standard InChI is InChI=1S/C23H18FN5O2/c24-17-7-5-15(6-8-17)12-29-20-4-2-1-3-18(20)21(19(11-26)23(29)31)28-13-16(14-28)22(30)27-10-9-25/h1-8,16H,10,12-14H2,(H,27,30). The molecule has 154 valence electrons. The van der Waals surface area contributed by atoms with Crippen molar-refractivity contribution < 1.29 is 9.18 Å². The van der Waals surface area contributed by atoms with Gasteiger partial charge in [-0.3, -0.25) is 9.59 Å². The molecule has 1 fully saturated rings. The van der Waals surface area contributed by atoms with Gasteiger partial charge in [0.25, 0.3) is 5.56 Å². The molecule has 0 aliphatic carbocycles. The molecule has 1 aromatic heterocycles. The molecule has 1 aliphatic rings. The number of nitrogens with zero attached hydrogens (tertiary/aromatic N) is 4. The van der Waals surface area contributed by atoms with Crippen LogP contribution in [0.3, 0.4) is 0 Å². The fourth-order valence-electron chi connectivity index (χ4n) is 3.85. The topological polar surface area (TPSA) is 102 Å². The van der Waals surface area contributed by atoms with E-state index in [1.165, 1.54) is 16.7 Å². The van der Waals surface area contributed by atoms with E-state index in [2.05, 4.69) is 5.32 Å². The van der Waals surface area contributed by atoms with Gasteiger partial charge >= 0.3 is 0 Å². The highest BCUT2D eigenvalue weighted by atomic mass is 19.1. The molecule has 0 saturated carbocycles. The van der Waals surface area contributed by atoms with Crippen LogP contribution < -0.4 is 15.8 Å². The van der Waals surface area contributed by atoms with Crippen molar-refractivity contribution in [3.05, 3.63) is 75.8 Å². The lowest BCUT2D eigenvalue weighted by atomic mass is 9.95. The molecular formula is C23H18FN5O2. The van der Waals surface area contributed by atoms with E-state index in [1.54, 1.807) is 12.1 Å². The summed E-state index contributed by atoms with van der Waals surface area (Å²) in [6, 6.07) is 17.1. The number of nitrogens with one attached hydrogen (secondary N) is 1. The molecule has 2 aromatic carbocycles. The van der Waals surface area contributed by atoms with Crippen LogP contribution in [-0.2, 0) is 11.3 Å².